The smallest absolute Gasteiger partial charge is 0.219 e. The van der Waals surface area contributed by atoms with Gasteiger partial charge in [0.15, 0.2) is 11.6 Å². The standard InChI is InChI=1S/C41H50F2N8O4/c1-25(2)48-13-9-29(10-14-48)54-37-21-27-20-34(47-33(27)22-35(37)50-11-7-28(8-12-50)49-15-17-53-18-16-49)39(52)30-23-46-51(41(30)44)36-24-45-38(19-26(36)3)55-40-31(42)5-4-6-32(40)43/h4-6,19-25,28-29,39,47,52H,7-18,44H2,1-3H3. The van der Waals surface area contributed by atoms with Crippen LogP contribution in [0.2, 0.25) is 0 Å². The average Bonchev–Trinajstić information content (AvgIpc) is 3.79. The summed E-state index contributed by atoms with van der Waals surface area (Å²) >= 11 is 0. The predicted molar refractivity (Wildman–Crippen MR) is 207 cm³/mol. The fourth-order valence-electron chi connectivity index (χ4n) is 8.19. The van der Waals surface area contributed by atoms with Crippen molar-refractivity contribution >= 4 is 22.4 Å². The highest BCUT2D eigenvalue weighted by molar-refractivity contribution is 5.88. The summed E-state index contributed by atoms with van der Waals surface area (Å²) in [5.74, 6) is -1.08. The van der Waals surface area contributed by atoms with Crippen LogP contribution in [-0.2, 0) is 4.74 Å². The van der Waals surface area contributed by atoms with Gasteiger partial charge < -0.3 is 39.8 Å². The lowest BCUT2D eigenvalue weighted by Crippen LogP contribution is -2.49. The highest BCUT2D eigenvalue weighted by Crippen LogP contribution is 2.39. The normalized spacial score (nSPS) is 18.7. The van der Waals surface area contributed by atoms with Crippen LogP contribution in [0.4, 0.5) is 20.3 Å². The van der Waals surface area contributed by atoms with Gasteiger partial charge in [-0.2, -0.15) is 5.10 Å². The van der Waals surface area contributed by atoms with Gasteiger partial charge in [-0.25, -0.2) is 18.4 Å². The van der Waals surface area contributed by atoms with Crippen molar-refractivity contribution in [2.45, 2.75) is 70.7 Å². The molecule has 1 atom stereocenters. The first-order valence-corrected chi connectivity index (χ1v) is 19.4. The Balaban J connectivity index is 1.04. The van der Waals surface area contributed by atoms with E-state index in [9.17, 15) is 13.9 Å². The van der Waals surface area contributed by atoms with Crippen molar-refractivity contribution in [3.05, 3.63) is 83.3 Å². The molecule has 1 unspecified atom stereocenters. The molecule has 55 heavy (non-hydrogen) atoms. The van der Waals surface area contributed by atoms with Crippen LogP contribution in [0.15, 0.2) is 54.9 Å². The van der Waals surface area contributed by atoms with Crippen LogP contribution >= 0.6 is 0 Å². The molecular formula is C41H50F2N8O4. The Hall–Kier alpha value is -4.76. The van der Waals surface area contributed by atoms with Crippen LogP contribution in [0.25, 0.3) is 16.6 Å². The monoisotopic (exact) mass is 756 g/mol. The first-order chi connectivity index (χ1) is 26.6. The number of hydrogen-bond donors (Lipinski definition) is 3. The minimum atomic E-state index is -1.10. The van der Waals surface area contributed by atoms with Crippen LogP contribution in [0.1, 0.15) is 62.5 Å². The zero-order valence-corrected chi connectivity index (χ0v) is 31.7. The summed E-state index contributed by atoms with van der Waals surface area (Å²) in [4.78, 5) is 15.2. The fraction of sp³-hybridized carbons (Fsp3) is 0.463. The molecule has 12 nitrogen and oxygen atoms in total. The predicted octanol–water partition coefficient (Wildman–Crippen LogP) is 6.34. The van der Waals surface area contributed by atoms with Crippen molar-refractivity contribution in [3.63, 3.8) is 0 Å². The molecule has 8 rings (SSSR count). The van der Waals surface area contributed by atoms with Gasteiger partial charge >= 0.3 is 0 Å². The number of nitrogens with two attached hydrogens (primary N) is 1. The third-order valence-electron chi connectivity index (χ3n) is 11.4. The number of H-pyrrole nitrogens is 1. The van der Waals surface area contributed by atoms with Gasteiger partial charge in [0.05, 0.1) is 37.0 Å². The lowest BCUT2D eigenvalue weighted by molar-refractivity contribution is 0.0114. The van der Waals surface area contributed by atoms with Crippen molar-refractivity contribution < 1.29 is 28.1 Å². The number of fused-ring (bicyclic) bond motifs is 1. The molecule has 3 fully saturated rings. The molecule has 6 heterocycles. The van der Waals surface area contributed by atoms with E-state index in [1.807, 2.05) is 6.07 Å². The number of hydrogen-bond acceptors (Lipinski definition) is 10. The number of aliphatic hydroxyl groups excluding tert-OH is 1. The number of pyridine rings is 1. The van der Waals surface area contributed by atoms with Crippen LogP contribution in [0.3, 0.4) is 0 Å². The molecule has 5 aromatic rings. The summed E-state index contributed by atoms with van der Waals surface area (Å²) in [7, 11) is 0. The topological polar surface area (TPSA) is 130 Å². The Bertz CT molecular complexity index is 2100. The highest BCUT2D eigenvalue weighted by atomic mass is 19.1. The van der Waals surface area contributed by atoms with Crippen molar-refractivity contribution in [2.24, 2.45) is 0 Å². The number of rotatable bonds is 10. The first-order valence-electron chi connectivity index (χ1n) is 19.4. The third-order valence-corrected chi connectivity index (χ3v) is 11.4. The molecule has 0 amide bonds. The highest BCUT2D eigenvalue weighted by Gasteiger charge is 2.30. The van der Waals surface area contributed by atoms with Gasteiger partial charge in [0, 0.05) is 79.6 Å². The summed E-state index contributed by atoms with van der Waals surface area (Å²) < 4.78 is 47.7. The van der Waals surface area contributed by atoms with E-state index in [0.29, 0.717) is 34.6 Å². The van der Waals surface area contributed by atoms with Crippen LogP contribution in [0, 0.1) is 18.6 Å². The van der Waals surface area contributed by atoms with Crippen LogP contribution in [0.5, 0.6) is 17.4 Å². The van der Waals surface area contributed by atoms with Crippen LogP contribution < -0.4 is 20.1 Å². The molecule has 3 aliphatic heterocycles. The summed E-state index contributed by atoms with van der Waals surface area (Å²) in [6, 6.07) is 12.3. The molecule has 14 heteroatoms. The molecule has 3 aliphatic rings. The lowest BCUT2D eigenvalue weighted by atomic mass is 10.0. The van der Waals surface area contributed by atoms with Gasteiger partial charge in [-0.05, 0) is 82.3 Å². The average molecular weight is 757 g/mol. The zero-order valence-electron chi connectivity index (χ0n) is 31.7. The fourth-order valence-corrected chi connectivity index (χ4v) is 8.19. The lowest BCUT2D eigenvalue weighted by Gasteiger charge is -2.41. The number of halogens is 2. The van der Waals surface area contributed by atoms with E-state index in [1.54, 1.807) is 13.0 Å². The minimum absolute atomic E-state index is 0.0134. The number of nitrogens with one attached hydrogen (secondary N) is 1. The SMILES string of the molecule is Cc1cc(Oc2c(F)cccc2F)ncc1-n1ncc(C(O)c2cc3cc(OC4CCN(C(C)C)CC4)c(N4CCC(N5CCOCC5)CC4)cc3[nH]2)c1N. The molecule has 0 saturated carbocycles. The largest absolute Gasteiger partial charge is 0.488 e. The molecule has 0 aliphatic carbocycles. The number of nitrogen functional groups attached to an aromatic ring is 1. The third kappa shape index (κ3) is 7.73. The Morgan fingerprint density at radius 1 is 0.927 bits per heavy atom. The van der Waals surface area contributed by atoms with Crippen molar-refractivity contribution in [1.29, 1.82) is 0 Å². The number of para-hydroxylation sites is 1. The molecule has 0 spiro atoms. The second-order valence-corrected chi connectivity index (χ2v) is 15.2. The molecule has 2 aromatic carbocycles. The van der Waals surface area contributed by atoms with Gasteiger partial charge in [-0.15, -0.1) is 0 Å². The zero-order chi connectivity index (χ0) is 38.2. The van der Waals surface area contributed by atoms with Crippen LogP contribution in [-0.4, -0.2) is 105 Å². The van der Waals surface area contributed by atoms with Gasteiger partial charge in [-0.3, -0.25) is 4.90 Å². The summed E-state index contributed by atoms with van der Waals surface area (Å²) in [5, 5.41) is 17.1. The van der Waals surface area contributed by atoms with E-state index in [2.05, 4.69) is 55.7 Å². The summed E-state index contributed by atoms with van der Waals surface area (Å²) in [5.41, 5.74) is 10.7. The number of aliphatic hydroxyl groups is 1. The summed E-state index contributed by atoms with van der Waals surface area (Å²) in [6.45, 7) is 13.8. The number of aromatic nitrogens is 4. The minimum Gasteiger partial charge on any atom is -0.488 e. The second kappa shape index (κ2) is 15.8. The van der Waals surface area contributed by atoms with E-state index in [4.69, 9.17) is 19.9 Å². The molecule has 3 saturated heterocycles. The van der Waals surface area contributed by atoms with Crippen molar-refractivity contribution in [2.75, 3.05) is 63.1 Å². The molecule has 0 bridgehead atoms. The number of aryl methyl sites for hydroxylation is 1. The number of anilines is 2. The second-order valence-electron chi connectivity index (χ2n) is 15.2. The molecule has 292 valence electrons. The van der Waals surface area contributed by atoms with E-state index in [-0.39, 0.29) is 17.8 Å². The number of likely N-dealkylation sites (tertiary alicyclic amines) is 1. The van der Waals surface area contributed by atoms with Gasteiger partial charge in [0.2, 0.25) is 11.6 Å². The Morgan fingerprint density at radius 3 is 2.35 bits per heavy atom. The molecular weight excluding hydrogens is 706 g/mol. The number of ether oxygens (including phenoxy) is 3. The maximum Gasteiger partial charge on any atom is 0.219 e. The quantitative estimate of drug-likeness (QED) is 0.148. The van der Waals surface area contributed by atoms with E-state index in [0.717, 1.165) is 113 Å². The number of piperidine rings is 2. The van der Waals surface area contributed by atoms with E-state index >= 15 is 0 Å². The van der Waals surface area contributed by atoms with Gasteiger partial charge in [0.25, 0.3) is 0 Å². The number of benzene rings is 2. The Morgan fingerprint density at radius 2 is 1.65 bits per heavy atom. The number of nitrogens with zero attached hydrogens (tertiary/aromatic N) is 6. The van der Waals surface area contributed by atoms with Crippen molar-refractivity contribution in [1.82, 2.24) is 29.5 Å². The molecule has 4 N–H and O–H groups in total. The van der Waals surface area contributed by atoms with E-state index < -0.39 is 23.5 Å². The number of morpholine rings is 1. The molecule has 3 aromatic heterocycles. The first kappa shape index (κ1) is 37.2. The van der Waals surface area contributed by atoms with Gasteiger partial charge in [-0.1, -0.05) is 6.07 Å². The van der Waals surface area contributed by atoms with Gasteiger partial charge in [0.1, 0.15) is 23.8 Å². The van der Waals surface area contributed by atoms with E-state index in [1.165, 1.54) is 23.1 Å². The molecule has 0 radical (unpaired) electrons. The maximum atomic E-state index is 14.2. The van der Waals surface area contributed by atoms with Crippen molar-refractivity contribution in [3.8, 4) is 23.1 Å². The maximum absolute atomic E-state index is 14.2. The Kier molecular flexibility index (Phi) is 10.7. The summed E-state index contributed by atoms with van der Waals surface area (Å²) in [6.07, 6.45) is 6.14. The number of aromatic amines is 1. The Labute approximate surface area is 319 Å².